The van der Waals surface area contributed by atoms with Crippen molar-refractivity contribution in [3.8, 4) is 0 Å². The Bertz CT molecular complexity index is 479. The number of carbonyl (C=O) groups excluding carboxylic acids is 2. The van der Waals surface area contributed by atoms with Crippen molar-refractivity contribution in [1.29, 1.82) is 0 Å². The minimum Gasteiger partial charge on any atom is -0.545 e. The fraction of sp³-hybridized carbons (Fsp3) is 0.231. The van der Waals surface area contributed by atoms with Gasteiger partial charge in [-0.25, -0.2) is 0 Å². The zero-order valence-corrected chi connectivity index (χ0v) is 9.26. The van der Waals surface area contributed by atoms with E-state index < -0.39 is 5.97 Å². The molecule has 0 fully saturated rings. The van der Waals surface area contributed by atoms with Crippen molar-refractivity contribution in [1.82, 2.24) is 0 Å². The number of para-hydroxylation sites is 1. The lowest BCUT2D eigenvalue weighted by atomic mass is 10.0. The van der Waals surface area contributed by atoms with Crippen LogP contribution in [0.3, 0.4) is 0 Å². The van der Waals surface area contributed by atoms with Crippen molar-refractivity contribution in [2.75, 3.05) is 11.4 Å². The van der Waals surface area contributed by atoms with Gasteiger partial charge in [0.25, 0.3) is 5.91 Å². The van der Waals surface area contributed by atoms with Crippen LogP contribution in [0.4, 0.5) is 5.69 Å². The zero-order chi connectivity index (χ0) is 12.3. The van der Waals surface area contributed by atoms with Crippen LogP contribution in [0.25, 0.3) is 0 Å². The highest BCUT2D eigenvalue weighted by Crippen LogP contribution is 2.26. The van der Waals surface area contributed by atoms with Crippen LogP contribution < -0.4 is 10.0 Å². The molecule has 0 unspecified atom stereocenters. The average Bonchev–Trinajstić information content (AvgIpc) is 2.35. The molecule has 1 aromatic carbocycles. The quantitative estimate of drug-likeness (QED) is 0.685. The summed E-state index contributed by atoms with van der Waals surface area (Å²) in [5.41, 5.74) is 1.99. The molecule has 1 amide bonds. The smallest absolute Gasteiger partial charge is 0.251 e. The number of benzene rings is 1. The van der Waals surface area contributed by atoms with Gasteiger partial charge in [0.15, 0.2) is 0 Å². The lowest BCUT2D eigenvalue weighted by molar-refractivity contribution is -0.297. The zero-order valence-electron chi connectivity index (χ0n) is 9.26. The van der Waals surface area contributed by atoms with Gasteiger partial charge in [0, 0.05) is 18.3 Å². The molecular weight excluding hydrogens is 218 g/mol. The lowest BCUT2D eigenvalue weighted by Crippen LogP contribution is -2.34. The van der Waals surface area contributed by atoms with E-state index in [1.165, 1.54) is 0 Å². The summed E-state index contributed by atoms with van der Waals surface area (Å²) in [6, 6.07) is 7.66. The molecule has 2 rings (SSSR count). The van der Waals surface area contributed by atoms with Gasteiger partial charge in [0.1, 0.15) is 0 Å². The molecule has 1 aliphatic rings. The Labute approximate surface area is 99.2 Å². The number of anilines is 1. The highest BCUT2D eigenvalue weighted by atomic mass is 16.4. The van der Waals surface area contributed by atoms with Crippen LogP contribution in [0.5, 0.6) is 0 Å². The van der Waals surface area contributed by atoms with E-state index in [4.69, 9.17) is 0 Å². The van der Waals surface area contributed by atoms with Crippen LogP contribution in [0.1, 0.15) is 12.0 Å². The summed E-state index contributed by atoms with van der Waals surface area (Å²) in [5.74, 6) is -1.68. The predicted octanol–water partition coefficient (Wildman–Crippen LogP) is 0.272. The minimum absolute atomic E-state index is 0.318. The van der Waals surface area contributed by atoms with Gasteiger partial charge in [-0.15, -0.1) is 0 Å². The molecule has 0 spiro atoms. The van der Waals surface area contributed by atoms with Crippen molar-refractivity contribution >= 4 is 17.6 Å². The molecule has 0 bridgehead atoms. The molecule has 0 aromatic heterocycles. The van der Waals surface area contributed by atoms with E-state index in [2.05, 4.69) is 0 Å². The molecule has 1 heterocycles. The van der Waals surface area contributed by atoms with Gasteiger partial charge in [-0.1, -0.05) is 18.2 Å². The number of carboxylic acid groups (broad SMARTS) is 1. The molecule has 88 valence electrons. The third-order valence-corrected chi connectivity index (χ3v) is 2.74. The molecule has 0 saturated heterocycles. The Morgan fingerprint density at radius 1 is 1.24 bits per heavy atom. The lowest BCUT2D eigenvalue weighted by Gasteiger charge is -2.28. The topological polar surface area (TPSA) is 60.4 Å². The maximum Gasteiger partial charge on any atom is 0.251 e. The second kappa shape index (κ2) is 4.82. The monoisotopic (exact) mass is 230 g/mol. The SMILES string of the molecule is O=C([O-])/C=C/C(=O)N1CCCc2ccccc21. The van der Waals surface area contributed by atoms with Crippen molar-refractivity contribution in [3.05, 3.63) is 42.0 Å². The summed E-state index contributed by atoms with van der Waals surface area (Å²) in [6.45, 7) is 0.618. The average molecular weight is 230 g/mol. The fourth-order valence-corrected chi connectivity index (χ4v) is 1.99. The van der Waals surface area contributed by atoms with E-state index in [-0.39, 0.29) is 5.91 Å². The predicted molar refractivity (Wildman–Crippen MR) is 61.3 cm³/mol. The third kappa shape index (κ3) is 2.53. The molecule has 0 saturated carbocycles. The number of rotatable bonds is 2. The number of carbonyl (C=O) groups is 2. The molecule has 4 heteroatoms. The van der Waals surface area contributed by atoms with Crippen LogP contribution in [0.15, 0.2) is 36.4 Å². The van der Waals surface area contributed by atoms with E-state index in [1.807, 2.05) is 24.3 Å². The van der Waals surface area contributed by atoms with Gasteiger partial charge in [0.2, 0.25) is 0 Å². The Hall–Kier alpha value is -2.10. The highest BCUT2D eigenvalue weighted by Gasteiger charge is 2.19. The standard InChI is InChI=1S/C13H13NO3/c15-12(7-8-13(16)17)14-9-3-5-10-4-1-2-6-11(10)14/h1-2,4,6-8H,3,5,9H2,(H,16,17)/p-1/b8-7+. The summed E-state index contributed by atoms with van der Waals surface area (Å²) in [6.07, 6.45) is 3.64. The summed E-state index contributed by atoms with van der Waals surface area (Å²) in [4.78, 5) is 23.7. The molecule has 4 nitrogen and oxygen atoms in total. The van der Waals surface area contributed by atoms with E-state index in [1.54, 1.807) is 4.90 Å². The Morgan fingerprint density at radius 3 is 2.76 bits per heavy atom. The number of aliphatic carboxylic acids is 1. The van der Waals surface area contributed by atoms with Crippen molar-refractivity contribution < 1.29 is 14.7 Å². The van der Waals surface area contributed by atoms with E-state index in [0.29, 0.717) is 6.54 Å². The number of nitrogens with zero attached hydrogens (tertiary/aromatic N) is 1. The molecule has 0 radical (unpaired) electrons. The van der Waals surface area contributed by atoms with Crippen LogP contribution in [-0.4, -0.2) is 18.4 Å². The number of aryl methyl sites for hydroxylation is 1. The maximum atomic E-state index is 11.8. The highest BCUT2D eigenvalue weighted by molar-refractivity contribution is 6.04. The normalized spacial score (nSPS) is 14.7. The van der Waals surface area contributed by atoms with Gasteiger partial charge in [-0.3, -0.25) is 4.79 Å². The molecule has 17 heavy (non-hydrogen) atoms. The van der Waals surface area contributed by atoms with E-state index in [9.17, 15) is 14.7 Å². The Balaban J connectivity index is 2.24. The second-order valence-electron chi connectivity index (χ2n) is 3.87. The molecule has 0 atom stereocenters. The van der Waals surface area contributed by atoms with Crippen LogP contribution in [0, 0.1) is 0 Å². The van der Waals surface area contributed by atoms with E-state index >= 15 is 0 Å². The first-order chi connectivity index (χ1) is 8.18. The number of carboxylic acids is 1. The van der Waals surface area contributed by atoms with Crippen molar-refractivity contribution in [2.45, 2.75) is 12.8 Å². The summed E-state index contributed by atoms with van der Waals surface area (Å²) < 4.78 is 0. The number of hydrogen-bond acceptors (Lipinski definition) is 3. The molecule has 1 aromatic rings. The Morgan fingerprint density at radius 2 is 2.00 bits per heavy atom. The second-order valence-corrected chi connectivity index (χ2v) is 3.87. The molecular formula is C13H12NO3-. The largest absolute Gasteiger partial charge is 0.545 e. The Kier molecular flexibility index (Phi) is 3.23. The van der Waals surface area contributed by atoms with Gasteiger partial charge in [-0.05, 0) is 30.5 Å². The summed E-state index contributed by atoms with van der Waals surface area (Å²) in [5, 5.41) is 10.3. The first-order valence-electron chi connectivity index (χ1n) is 5.47. The van der Waals surface area contributed by atoms with E-state index in [0.717, 1.165) is 36.2 Å². The van der Waals surface area contributed by atoms with Gasteiger partial charge in [-0.2, -0.15) is 0 Å². The summed E-state index contributed by atoms with van der Waals surface area (Å²) >= 11 is 0. The van der Waals surface area contributed by atoms with Crippen LogP contribution in [-0.2, 0) is 16.0 Å². The van der Waals surface area contributed by atoms with Gasteiger partial charge >= 0.3 is 0 Å². The molecule has 1 aliphatic heterocycles. The first kappa shape index (κ1) is 11.4. The van der Waals surface area contributed by atoms with Crippen LogP contribution >= 0.6 is 0 Å². The fourth-order valence-electron chi connectivity index (χ4n) is 1.99. The third-order valence-electron chi connectivity index (χ3n) is 2.74. The number of amides is 1. The van der Waals surface area contributed by atoms with Crippen LogP contribution in [0.2, 0.25) is 0 Å². The number of hydrogen-bond donors (Lipinski definition) is 0. The van der Waals surface area contributed by atoms with Gasteiger partial charge in [0.05, 0.1) is 5.97 Å². The minimum atomic E-state index is -1.36. The molecule has 0 N–H and O–H groups in total. The maximum absolute atomic E-state index is 11.8. The first-order valence-corrected chi connectivity index (χ1v) is 5.47. The van der Waals surface area contributed by atoms with Crippen molar-refractivity contribution in [2.24, 2.45) is 0 Å². The number of fused-ring (bicyclic) bond motifs is 1. The summed E-state index contributed by atoms with van der Waals surface area (Å²) in [7, 11) is 0. The molecule has 0 aliphatic carbocycles. The van der Waals surface area contributed by atoms with Gasteiger partial charge < -0.3 is 14.8 Å². The van der Waals surface area contributed by atoms with Crippen molar-refractivity contribution in [3.63, 3.8) is 0 Å².